The fraction of sp³-hybridized carbons (Fsp3) is 0.278. The standard InChI is InChI=1S/C18H21NO2/c1-12-9-10-13(2)16(11-12)18(20)19-14(3)15-7-5-6-8-17(15)21-4/h5-11,14H,1-4H3,(H,19,20)/t14-/m1/s1. The van der Waals surface area contributed by atoms with Crippen molar-refractivity contribution in [2.45, 2.75) is 26.8 Å². The second kappa shape index (κ2) is 6.44. The van der Waals surface area contributed by atoms with Gasteiger partial charge in [-0.2, -0.15) is 0 Å². The zero-order chi connectivity index (χ0) is 15.4. The van der Waals surface area contributed by atoms with Crippen molar-refractivity contribution >= 4 is 5.91 Å². The number of benzene rings is 2. The Morgan fingerprint density at radius 1 is 1.14 bits per heavy atom. The number of methoxy groups -OCH3 is 1. The first kappa shape index (κ1) is 15.1. The molecule has 0 saturated heterocycles. The van der Waals surface area contributed by atoms with Crippen LogP contribution in [-0.4, -0.2) is 13.0 Å². The Morgan fingerprint density at radius 2 is 1.86 bits per heavy atom. The molecule has 2 rings (SSSR count). The second-order valence-corrected chi connectivity index (χ2v) is 5.26. The Kier molecular flexibility index (Phi) is 4.63. The van der Waals surface area contributed by atoms with Crippen molar-refractivity contribution < 1.29 is 9.53 Å². The van der Waals surface area contributed by atoms with Crippen molar-refractivity contribution in [1.82, 2.24) is 5.32 Å². The van der Waals surface area contributed by atoms with Crippen LogP contribution in [0.1, 0.15) is 40.0 Å². The van der Waals surface area contributed by atoms with Gasteiger partial charge in [-0.25, -0.2) is 0 Å². The van der Waals surface area contributed by atoms with Crippen LogP contribution in [0.5, 0.6) is 5.75 Å². The third-order valence-electron chi connectivity index (χ3n) is 3.59. The van der Waals surface area contributed by atoms with Crippen LogP contribution in [-0.2, 0) is 0 Å². The lowest BCUT2D eigenvalue weighted by molar-refractivity contribution is 0.0939. The van der Waals surface area contributed by atoms with E-state index >= 15 is 0 Å². The zero-order valence-corrected chi connectivity index (χ0v) is 12.9. The highest BCUT2D eigenvalue weighted by atomic mass is 16.5. The van der Waals surface area contributed by atoms with Gasteiger partial charge in [-0.3, -0.25) is 4.79 Å². The first-order valence-corrected chi connectivity index (χ1v) is 7.04. The molecule has 0 bridgehead atoms. The molecule has 21 heavy (non-hydrogen) atoms. The Labute approximate surface area is 126 Å². The zero-order valence-electron chi connectivity index (χ0n) is 12.9. The quantitative estimate of drug-likeness (QED) is 0.926. The predicted molar refractivity (Wildman–Crippen MR) is 84.8 cm³/mol. The van der Waals surface area contributed by atoms with Crippen LogP contribution < -0.4 is 10.1 Å². The molecule has 0 heterocycles. The maximum Gasteiger partial charge on any atom is 0.252 e. The summed E-state index contributed by atoms with van der Waals surface area (Å²) in [5.41, 5.74) is 3.75. The van der Waals surface area contributed by atoms with Gasteiger partial charge in [-0.15, -0.1) is 0 Å². The molecule has 0 radical (unpaired) electrons. The minimum Gasteiger partial charge on any atom is -0.496 e. The number of ether oxygens (including phenoxy) is 1. The van der Waals surface area contributed by atoms with E-state index in [1.165, 1.54) is 0 Å². The second-order valence-electron chi connectivity index (χ2n) is 5.26. The predicted octanol–water partition coefficient (Wildman–Crippen LogP) is 3.80. The fourth-order valence-electron chi connectivity index (χ4n) is 2.36. The fourth-order valence-corrected chi connectivity index (χ4v) is 2.36. The van der Waals surface area contributed by atoms with Gasteiger partial charge in [0.25, 0.3) is 5.91 Å². The molecular formula is C18H21NO2. The van der Waals surface area contributed by atoms with Gasteiger partial charge in [-0.05, 0) is 38.5 Å². The van der Waals surface area contributed by atoms with Crippen molar-refractivity contribution in [3.8, 4) is 5.75 Å². The van der Waals surface area contributed by atoms with E-state index < -0.39 is 0 Å². The number of nitrogens with one attached hydrogen (secondary N) is 1. The minimum absolute atomic E-state index is 0.0605. The Morgan fingerprint density at radius 3 is 2.57 bits per heavy atom. The molecule has 0 aliphatic carbocycles. The van der Waals surface area contributed by atoms with Crippen LogP contribution in [0.2, 0.25) is 0 Å². The number of hydrogen-bond acceptors (Lipinski definition) is 2. The molecule has 0 aliphatic heterocycles. The number of hydrogen-bond donors (Lipinski definition) is 1. The number of amides is 1. The number of carbonyl (C=O) groups is 1. The number of rotatable bonds is 4. The SMILES string of the molecule is COc1ccccc1[C@@H](C)NC(=O)c1cc(C)ccc1C. The molecule has 0 aliphatic rings. The van der Waals surface area contributed by atoms with Gasteiger partial charge >= 0.3 is 0 Å². The van der Waals surface area contributed by atoms with E-state index in [0.29, 0.717) is 0 Å². The third-order valence-corrected chi connectivity index (χ3v) is 3.59. The Balaban J connectivity index is 2.21. The number of aryl methyl sites for hydroxylation is 2. The molecule has 110 valence electrons. The maximum atomic E-state index is 12.4. The summed E-state index contributed by atoms with van der Waals surface area (Å²) in [5.74, 6) is 0.723. The van der Waals surface area contributed by atoms with Crippen LogP contribution in [0.4, 0.5) is 0 Å². The molecule has 2 aromatic rings. The minimum atomic E-state index is -0.117. The van der Waals surface area contributed by atoms with Crippen molar-refractivity contribution in [2.24, 2.45) is 0 Å². The molecule has 3 nitrogen and oxygen atoms in total. The highest BCUT2D eigenvalue weighted by Gasteiger charge is 2.16. The molecule has 0 aromatic heterocycles. The van der Waals surface area contributed by atoms with Gasteiger partial charge in [0.05, 0.1) is 13.2 Å². The smallest absolute Gasteiger partial charge is 0.252 e. The Hall–Kier alpha value is -2.29. The summed E-state index contributed by atoms with van der Waals surface area (Å²) in [6, 6.07) is 13.5. The largest absolute Gasteiger partial charge is 0.496 e. The molecule has 3 heteroatoms. The molecular weight excluding hydrogens is 262 g/mol. The lowest BCUT2D eigenvalue weighted by Crippen LogP contribution is -2.27. The first-order chi connectivity index (χ1) is 10.0. The maximum absolute atomic E-state index is 12.4. The van der Waals surface area contributed by atoms with E-state index in [1.807, 2.05) is 63.2 Å². The lowest BCUT2D eigenvalue weighted by Gasteiger charge is -2.18. The molecule has 1 amide bonds. The van der Waals surface area contributed by atoms with Gasteiger partial charge < -0.3 is 10.1 Å². The summed E-state index contributed by atoms with van der Waals surface area (Å²) in [6.45, 7) is 5.89. The third kappa shape index (κ3) is 3.43. The van der Waals surface area contributed by atoms with E-state index in [2.05, 4.69) is 5.32 Å². The monoisotopic (exact) mass is 283 g/mol. The van der Waals surface area contributed by atoms with Crippen LogP contribution in [0.3, 0.4) is 0 Å². The van der Waals surface area contributed by atoms with E-state index in [1.54, 1.807) is 7.11 Å². The summed E-state index contributed by atoms with van der Waals surface area (Å²) in [7, 11) is 1.64. The van der Waals surface area contributed by atoms with Crippen molar-refractivity contribution in [1.29, 1.82) is 0 Å². The van der Waals surface area contributed by atoms with Crippen LogP contribution >= 0.6 is 0 Å². The molecule has 0 unspecified atom stereocenters. The molecule has 2 aromatic carbocycles. The highest BCUT2D eigenvalue weighted by molar-refractivity contribution is 5.96. The summed E-state index contributed by atoms with van der Waals surface area (Å²) in [6.07, 6.45) is 0. The van der Waals surface area contributed by atoms with E-state index in [-0.39, 0.29) is 11.9 Å². The summed E-state index contributed by atoms with van der Waals surface area (Å²) < 4.78 is 5.35. The topological polar surface area (TPSA) is 38.3 Å². The summed E-state index contributed by atoms with van der Waals surface area (Å²) >= 11 is 0. The van der Waals surface area contributed by atoms with Gasteiger partial charge in [0.2, 0.25) is 0 Å². The van der Waals surface area contributed by atoms with Crippen LogP contribution in [0.15, 0.2) is 42.5 Å². The summed E-state index contributed by atoms with van der Waals surface area (Å²) in [4.78, 5) is 12.4. The number of para-hydroxylation sites is 1. The van der Waals surface area contributed by atoms with E-state index in [4.69, 9.17) is 4.74 Å². The first-order valence-electron chi connectivity index (χ1n) is 7.04. The number of carbonyl (C=O) groups excluding carboxylic acids is 1. The van der Waals surface area contributed by atoms with E-state index in [9.17, 15) is 4.79 Å². The molecule has 1 N–H and O–H groups in total. The highest BCUT2D eigenvalue weighted by Crippen LogP contribution is 2.24. The molecule has 0 fully saturated rings. The van der Waals surface area contributed by atoms with Crippen molar-refractivity contribution in [2.75, 3.05) is 7.11 Å². The average molecular weight is 283 g/mol. The van der Waals surface area contributed by atoms with Gasteiger partial charge in [0, 0.05) is 11.1 Å². The van der Waals surface area contributed by atoms with Gasteiger partial charge in [0.1, 0.15) is 5.75 Å². The average Bonchev–Trinajstić information content (AvgIpc) is 2.49. The van der Waals surface area contributed by atoms with Gasteiger partial charge in [-0.1, -0.05) is 35.9 Å². The Bertz CT molecular complexity index is 649. The lowest BCUT2D eigenvalue weighted by atomic mass is 10.0. The van der Waals surface area contributed by atoms with Crippen LogP contribution in [0, 0.1) is 13.8 Å². The molecule has 1 atom stereocenters. The van der Waals surface area contributed by atoms with E-state index in [0.717, 1.165) is 28.0 Å². The molecule has 0 saturated carbocycles. The van der Waals surface area contributed by atoms with Crippen LogP contribution in [0.25, 0.3) is 0 Å². The van der Waals surface area contributed by atoms with Crippen molar-refractivity contribution in [3.05, 3.63) is 64.7 Å². The normalized spacial score (nSPS) is 11.8. The molecule has 0 spiro atoms. The summed E-state index contributed by atoms with van der Waals surface area (Å²) in [5, 5.41) is 3.04. The van der Waals surface area contributed by atoms with Gasteiger partial charge in [0.15, 0.2) is 0 Å². The van der Waals surface area contributed by atoms with Crippen molar-refractivity contribution in [3.63, 3.8) is 0 Å².